The zero-order valence-electron chi connectivity index (χ0n) is 16.0. The molecular weight excluding hydrogens is 415 g/mol. The molecule has 9 heteroatoms. The number of Topliss-reactive ketones (excluding diaryl/α,β-unsaturated/α-hetero) is 1. The van der Waals surface area contributed by atoms with E-state index in [2.05, 4.69) is 14.9 Å². The third kappa shape index (κ3) is 4.22. The summed E-state index contributed by atoms with van der Waals surface area (Å²) < 4.78 is 38.3. The number of halogens is 3. The lowest BCUT2D eigenvalue weighted by Crippen LogP contribution is -2.35. The zero-order valence-corrected chi connectivity index (χ0v) is 16.9. The molecule has 0 unspecified atom stereocenters. The largest absolute Gasteiger partial charge is 0.416 e. The molecule has 1 aliphatic rings. The molecule has 5 nitrogen and oxygen atoms in total. The summed E-state index contributed by atoms with van der Waals surface area (Å²) in [6.07, 6.45) is -3.84. The Balaban J connectivity index is 1.53. The van der Waals surface area contributed by atoms with Crippen molar-refractivity contribution in [2.24, 2.45) is 0 Å². The molecule has 156 valence electrons. The number of aromatic amines is 1. The molecule has 1 aromatic carbocycles. The highest BCUT2D eigenvalue weighted by Gasteiger charge is 2.30. The van der Waals surface area contributed by atoms with E-state index in [9.17, 15) is 22.8 Å². The smallest absolute Gasteiger partial charge is 0.306 e. The fourth-order valence-corrected chi connectivity index (χ4v) is 4.39. The lowest BCUT2D eigenvalue weighted by atomic mass is 10.1. The first-order chi connectivity index (χ1) is 14.2. The van der Waals surface area contributed by atoms with Gasteiger partial charge in [-0.25, -0.2) is 4.98 Å². The standard InChI is InChI=1S/C21H18F3N3O2S/c1-12(28)18-7-6-15(30-18)10-27-9-8-17-16(11-27)20(29)26-19(25-17)13-2-4-14(5-3-13)21(22,23)24/h2-7H,8-11H2,1H3,(H,25,26,29). The molecule has 0 amide bonds. The summed E-state index contributed by atoms with van der Waals surface area (Å²) in [5.74, 6) is 0.303. The highest BCUT2D eigenvalue weighted by molar-refractivity contribution is 7.14. The van der Waals surface area contributed by atoms with E-state index in [0.717, 1.165) is 17.0 Å². The normalized spacial score (nSPS) is 14.5. The second-order valence-corrected chi connectivity index (χ2v) is 8.37. The number of nitrogens with zero attached hydrogens (tertiary/aromatic N) is 2. The summed E-state index contributed by atoms with van der Waals surface area (Å²) in [5, 5.41) is 0. The number of carbonyl (C=O) groups is 1. The lowest BCUT2D eigenvalue weighted by Gasteiger charge is -2.27. The van der Waals surface area contributed by atoms with Gasteiger partial charge in [-0.05, 0) is 31.2 Å². The van der Waals surface area contributed by atoms with E-state index >= 15 is 0 Å². The average molecular weight is 433 g/mol. The summed E-state index contributed by atoms with van der Waals surface area (Å²) in [4.78, 5) is 35.2. The molecule has 1 N–H and O–H groups in total. The molecule has 3 heterocycles. The van der Waals surface area contributed by atoms with Crippen LogP contribution in [0.2, 0.25) is 0 Å². The van der Waals surface area contributed by atoms with Crippen molar-refractivity contribution in [3.05, 3.63) is 73.3 Å². The van der Waals surface area contributed by atoms with Gasteiger partial charge in [0, 0.05) is 36.5 Å². The predicted octanol–water partition coefficient (Wildman–Crippen LogP) is 4.28. The van der Waals surface area contributed by atoms with Crippen LogP contribution in [0.15, 0.2) is 41.2 Å². The van der Waals surface area contributed by atoms with E-state index in [-0.39, 0.29) is 17.2 Å². The number of rotatable bonds is 4. The van der Waals surface area contributed by atoms with E-state index < -0.39 is 11.7 Å². The minimum absolute atomic E-state index is 0.0340. The summed E-state index contributed by atoms with van der Waals surface area (Å²) in [7, 11) is 0. The average Bonchev–Trinajstić information content (AvgIpc) is 3.16. The van der Waals surface area contributed by atoms with Crippen molar-refractivity contribution in [3.63, 3.8) is 0 Å². The second-order valence-electron chi connectivity index (χ2n) is 7.20. The Kier molecular flexibility index (Phi) is 5.33. The first-order valence-corrected chi connectivity index (χ1v) is 10.1. The fourth-order valence-electron chi connectivity index (χ4n) is 3.44. The molecule has 0 fully saturated rings. The van der Waals surface area contributed by atoms with Crippen molar-refractivity contribution in [3.8, 4) is 11.4 Å². The number of hydrogen-bond donors (Lipinski definition) is 1. The summed E-state index contributed by atoms with van der Waals surface area (Å²) in [5.41, 5.74) is 0.639. The van der Waals surface area contributed by atoms with Crippen LogP contribution in [0.3, 0.4) is 0 Å². The summed E-state index contributed by atoms with van der Waals surface area (Å²) in [6, 6.07) is 8.32. The third-order valence-electron chi connectivity index (χ3n) is 5.02. The Morgan fingerprint density at radius 2 is 1.93 bits per heavy atom. The minimum Gasteiger partial charge on any atom is -0.306 e. The maximum absolute atomic E-state index is 12.8. The fraction of sp³-hybridized carbons (Fsp3) is 0.286. The number of alkyl halides is 3. The number of hydrogen-bond acceptors (Lipinski definition) is 5. The highest BCUT2D eigenvalue weighted by atomic mass is 32.1. The van der Waals surface area contributed by atoms with Gasteiger partial charge in [-0.1, -0.05) is 12.1 Å². The Morgan fingerprint density at radius 3 is 2.57 bits per heavy atom. The molecule has 3 aromatic rings. The van der Waals surface area contributed by atoms with Gasteiger partial charge in [-0.3, -0.25) is 14.5 Å². The van der Waals surface area contributed by atoms with Crippen molar-refractivity contribution in [1.29, 1.82) is 0 Å². The van der Waals surface area contributed by atoms with Gasteiger partial charge in [0.05, 0.1) is 21.7 Å². The SMILES string of the molecule is CC(=O)c1ccc(CN2CCc3nc(-c4ccc(C(F)(F)F)cc4)[nH]c(=O)c3C2)s1. The Hall–Kier alpha value is -2.78. The molecule has 1 aliphatic heterocycles. The van der Waals surface area contributed by atoms with Gasteiger partial charge in [0.1, 0.15) is 5.82 Å². The maximum Gasteiger partial charge on any atom is 0.416 e. The maximum atomic E-state index is 12.8. The number of ketones is 1. The van der Waals surface area contributed by atoms with E-state index in [4.69, 9.17) is 0 Å². The molecule has 0 bridgehead atoms. The number of thiophene rings is 1. The van der Waals surface area contributed by atoms with Gasteiger partial charge in [0.2, 0.25) is 0 Å². The van der Waals surface area contributed by atoms with Gasteiger partial charge < -0.3 is 4.98 Å². The molecule has 2 aromatic heterocycles. The van der Waals surface area contributed by atoms with Gasteiger partial charge in [0.15, 0.2) is 5.78 Å². The first-order valence-electron chi connectivity index (χ1n) is 9.32. The number of aromatic nitrogens is 2. The Bertz CT molecular complexity index is 1150. The van der Waals surface area contributed by atoms with Crippen molar-refractivity contribution in [2.75, 3.05) is 6.54 Å². The van der Waals surface area contributed by atoms with Gasteiger partial charge in [-0.15, -0.1) is 11.3 Å². The van der Waals surface area contributed by atoms with Crippen molar-refractivity contribution < 1.29 is 18.0 Å². The molecule has 0 radical (unpaired) electrons. The minimum atomic E-state index is -4.41. The first kappa shape index (κ1) is 20.5. The molecule has 30 heavy (non-hydrogen) atoms. The molecule has 0 aliphatic carbocycles. The van der Waals surface area contributed by atoms with E-state index in [1.165, 1.54) is 30.4 Å². The number of fused-ring (bicyclic) bond motifs is 1. The second kappa shape index (κ2) is 7.81. The van der Waals surface area contributed by atoms with Crippen LogP contribution in [0, 0.1) is 0 Å². The third-order valence-corrected chi connectivity index (χ3v) is 6.19. The van der Waals surface area contributed by atoms with Gasteiger partial charge >= 0.3 is 6.18 Å². The lowest BCUT2D eigenvalue weighted by molar-refractivity contribution is -0.137. The molecule has 4 rings (SSSR count). The quantitative estimate of drug-likeness (QED) is 0.624. The number of nitrogens with one attached hydrogen (secondary N) is 1. The number of H-pyrrole nitrogens is 1. The van der Waals surface area contributed by atoms with Crippen LogP contribution in [0.5, 0.6) is 0 Å². The van der Waals surface area contributed by atoms with Crippen molar-refractivity contribution in [1.82, 2.24) is 14.9 Å². The van der Waals surface area contributed by atoms with E-state index in [1.54, 1.807) is 0 Å². The number of benzene rings is 1. The molecule has 0 atom stereocenters. The monoisotopic (exact) mass is 433 g/mol. The van der Waals surface area contributed by atoms with Gasteiger partial charge in [-0.2, -0.15) is 13.2 Å². The van der Waals surface area contributed by atoms with Crippen LogP contribution in [0.25, 0.3) is 11.4 Å². The van der Waals surface area contributed by atoms with Crippen LogP contribution >= 0.6 is 11.3 Å². The highest BCUT2D eigenvalue weighted by Crippen LogP contribution is 2.30. The van der Waals surface area contributed by atoms with Crippen LogP contribution < -0.4 is 5.56 Å². The zero-order chi connectivity index (χ0) is 21.5. The van der Waals surface area contributed by atoms with E-state index in [0.29, 0.717) is 47.8 Å². The van der Waals surface area contributed by atoms with Crippen molar-refractivity contribution >= 4 is 17.1 Å². The Labute approximate surface area is 174 Å². The summed E-state index contributed by atoms with van der Waals surface area (Å²) >= 11 is 1.45. The Morgan fingerprint density at radius 1 is 1.20 bits per heavy atom. The van der Waals surface area contributed by atoms with Crippen LogP contribution in [0.4, 0.5) is 13.2 Å². The van der Waals surface area contributed by atoms with E-state index in [1.807, 2.05) is 12.1 Å². The molecule has 0 saturated carbocycles. The van der Waals surface area contributed by atoms with Crippen LogP contribution in [0.1, 0.15) is 38.3 Å². The topological polar surface area (TPSA) is 66.1 Å². The molecule has 0 saturated heterocycles. The number of carbonyl (C=O) groups excluding carboxylic acids is 1. The molecule has 0 spiro atoms. The predicted molar refractivity (Wildman–Crippen MR) is 107 cm³/mol. The summed E-state index contributed by atoms with van der Waals surface area (Å²) in [6.45, 7) is 3.30. The van der Waals surface area contributed by atoms with Crippen LogP contribution in [-0.2, 0) is 25.7 Å². The van der Waals surface area contributed by atoms with Crippen molar-refractivity contribution in [2.45, 2.75) is 32.6 Å². The van der Waals surface area contributed by atoms with Crippen LogP contribution in [-0.4, -0.2) is 27.2 Å². The van der Waals surface area contributed by atoms with Gasteiger partial charge in [0.25, 0.3) is 5.56 Å². The molecular formula is C21H18F3N3O2S.